The Balaban J connectivity index is 2.11. The summed E-state index contributed by atoms with van der Waals surface area (Å²) in [7, 11) is 0. The first kappa shape index (κ1) is 37.1. The second-order valence-electron chi connectivity index (χ2n) is 11.2. The quantitative estimate of drug-likeness (QED) is 0.0755. The number of carbonyl (C=O) groups excluding carboxylic acids is 6. The number of hydrogen-bond acceptors (Lipinski definition) is 9. The van der Waals surface area contributed by atoms with Crippen LogP contribution >= 0.6 is 0 Å². The first-order valence-corrected chi connectivity index (χ1v) is 15.5. The van der Waals surface area contributed by atoms with Crippen LogP contribution in [0.25, 0.3) is 0 Å². The number of amides is 5. The van der Waals surface area contributed by atoms with Gasteiger partial charge in [-0.25, -0.2) is 0 Å². The number of rotatable bonds is 14. The van der Waals surface area contributed by atoms with Gasteiger partial charge in [0.05, 0.1) is 25.0 Å². The smallest absolute Gasteiger partial charge is 0.308 e. The summed E-state index contributed by atoms with van der Waals surface area (Å²) in [6.07, 6.45) is 13.1. The molecule has 2 fully saturated rings. The zero-order valence-corrected chi connectivity index (χ0v) is 25.7. The maximum absolute atomic E-state index is 13.0. The minimum absolute atomic E-state index is 0.0213. The van der Waals surface area contributed by atoms with Crippen LogP contribution in [0.1, 0.15) is 77.6 Å². The monoisotopic (exact) mass is 633 g/mol. The van der Waals surface area contributed by atoms with E-state index in [0.717, 1.165) is 12.8 Å². The second-order valence-corrected chi connectivity index (χ2v) is 11.2. The second kappa shape index (κ2) is 20.1. The predicted octanol–water partition coefficient (Wildman–Crippen LogP) is -0.317. The van der Waals surface area contributed by atoms with E-state index in [2.05, 4.69) is 34.3 Å². The molecule has 8 N–H and O–H groups in total. The van der Waals surface area contributed by atoms with Gasteiger partial charge in [0, 0.05) is 6.42 Å². The van der Waals surface area contributed by atoms with Crippen LogP contribution in [0.5, 0.6) is 0 Å². The molecule has 250 valence electrons. The number of nitrogens with one attached hydrogen (secondary N) is 4. The lowest BCUT2D eigenvalue weighted by atomic mass is 10.0. The molecule has 14 nitrogen and oxygen atoms in total. The molecule has 0 spiro atoms. The van der Waals surface area contributed by atoms with Crippen molar-refractivity contribution in [1.29, 1.82) is 0 Å². The van der Waals surface area contributed by atoms with Gasteiger partial charge in [-0.2, -0.15) is 0 Å². The average Bonchev–Trinajstić information content (AvgIpc) is 3.37. The Bertz CT molecular complexity index is 1120. The number of carbonyl (C=O) groups is 6. The molecule has 2 aliphatic rings. The lowest BCUT2D eigenvalue weighted by Gasteiger charge is -2.26. The van der Waals surface area contributed by atoms with Gasteiger partial charge in [0.1, 0.15) is 6.04 Å². The van der Waals surface area contributed by atoms with E-state index in [1.807, 2.05) is 12.2 Å². The molecular weight excluding hydrogens is 586 g/mol. The van der Waals surface area contributed by atoms with Gasteiger partial charge in [0.25, 0.3) is 11.8 Å². The van der Waals surface area contributed by atoms with Crippen molar-refractivity contribution < 1.29 is 43.7 Å². The minimum atomic E-state index is -2.00. The fourth-order valence-electron chi connectivity index (χ4n) is 4.87. The molecule has 14 heteroatoms. The summed E-state index contributed by atoms with van der Waals surface area (Å²) >= 11 is 0. The van der Waals surface area contributed by atoms with Crippen molar-refractivity contribution in [3.05, 3.63) is 36.5 Å². The van der Waals surface area contributed by atoms with Crippen LogP contribution in [0, 0.1) is 0 Å². The minimum Gasteiger partial charge on any atom is -0.457 e. The maximum Gasteiger partial charge on any atom is 0.308 e. The third-order valence-electron chi connectivity index (χ3n) is 7.41. The normalized spacial score (nSPS) is 27.0. The number of allylic oxidation sites excluding steroid dienone is 5. The molecule has 0 radical (unpaired) electrons. The van der Waals surface area contributed by atoms with Gasteiger partial charge in [0.15, 0.2) is 18.3 Å². The van der Waals surface area contributed by atoms with E-state index >= 15 is 0 Å². The van der Waals surface area contributed by atoms with Crippen molar-refractivity contribution >= 4 is 35.5 Å². The maximum atomic E-state index is 13.0. The third kappa shape index (κ3) is 13.6. The van der Waals surface area contributed by atoms with Crippen LogP contribution in [0.3, 0.4) is 0 Å². The SMILES string of the molecule is CCCCCCCCC=CC=CC=CCC1NC(=O)CNC(=O)C(CCC(N)=O)NC(=O)C(O)C2OC(=O)CC2NC(=O)C1O. The average molecular weight is 634 g/mol. The number of aliphatic hydroxyl groups excluding tert-OH is 2. The van der Waals surface area contributed by atoms with Crippen molar-refractivity contribution in [3.8, 4) is 0 Å². The highest BCUT2D eigenvalue weighted by Crippen LogP contribution is 2.20. The molecule has 2 aliphatic heterocycles. The van der Waals surface area contributed by atoms with Crippen molar-refractivity contribution in [2.45, 2.75) is 114 Å². The van der Waals surface area contributed by atoms with E-state index in [0.29, 0.717) is 0 Å². The molecule has 0 bridgehead atoms. The number of fused-ring (bicyclic) bond motifs is 1. The fourth-order valence-corrected chi connectivity index (χ4v) is 4.87. The zero-order valence-electron chi connectivity index (χ0n) is 25.7. The Morgan fingerprint density at radius 1 is 0.867 bits per heavy atom. The van der Waals surface area contributed by atoms with E-state index in [1.54, 1.807) is 18.2 Å². The topological polar surface area (TPSA) is 226 Å². The lowest BCUT2D eigenvalue weighted by Crippen LogP contribution is -2.57. The first-order valence-electron chi connectivity index (χ1n) is 15.5. The molecule has 0 aromatic rings. The number of unbranched alkanes of at least 4 members (excludes halogenated alkanes) is 6. The molecule has 0 aliphatic carbocycles. The van der Waals surface area contributed by atoms with Crippen LogP contribution in [0.4, 0.5) is 0 Å². The Kier molecular flexibility index (Phi) is 16.6. The Labute approximate surface area is 263 Å². The van der Waals surface area contributed by atoms with Gasteiger partial charge in [0.2, 0.25) is 17.7 Å². The molecule has 0 aromatic heterocycles. The fraction of sp³-hybridized carbons (Fsp3) is 0.613. The number of esters is 1. The van der Waals surface area contributed by atoms with Gasteiger partial charge in [-0.1, -0.05) is 75.5 Å². The molecule has 5 amide bonds. The zero-order chi connectivity index (χ0) is 33.2. The number of ether oxygens (including phenoxy) is 1. The number of aliphatic hydroxyl groups is 2. The summed E-state index contributed by atoms with van der Waals surface area (Å²) in [6, 6.07) is -3.70. The van der Waals surface area contributed by atoms with Crippen molar-refractivity contribution in [3.63, 3.8) is 0 Å². The van der Waals surface area contributed by atoms with Gasteiger partial charge in [-0.3, -0.25) is 28.8 Å². The van der Waals surface area contributed by atoms with E-state index in [1.165, 1.54) is 32.1 Å². The molecule has 2 saturated heterocycles. The van der Waals surface area contributed by atoms with Crippen LogP contribution in [0.2, 0.25) is 0 Å². The number of hydrogen-bond donors (Lipinski definition) is 7. The van der Waals surface area contributed by atoms with Crippen molar-refractivity contribution in [2.24, 2.45) is 5.73 Å². The van der Waals surface area contributed by atoms with E-state index < -0.39 is 84.9 Å². The molecule has 0 aromatic carbocycles. The Hall–Kier alpha value is -4.04. The summed E-state index contributed by atoms with van der Waals surface area (Å²) in [4.78, 5) is 74.5. The standard InChI is InChI=1S/C31H47N5O9/c1-2-3-4-5-6-7-8-9-10-11-12-13-14-15-20-26(40)30(43)36-22-18-25(39)45-28(22)27(41)31(44)35-21(16-17-23(32)37)29(42)33-19-24(38)34-20/h9-14,20-22,26-28,40-41H,2-8,15-19H2,1H3,(H2,32,37)(H,33,42)(H,34,38)(H,35,44)(H,36,43). The van der Waals surface area contributed by atoms with Crippen LogP contribution < -0.4 is 27.0 Å². The van der Waals surface area contributed by atoms with Crippen LogP contribution in [0.15, 0.2) is 36.5 Å². The molecule has 0 saturated carbocycles. The predicted molar refractivity (Wildman–Crippen MR) is 164 cm³/mol. The Morgan fingerprint density at radius 2 is 1.53 bits per heavy atom. The number of nitrogens with two attached hydrogens (primary N) is 1. The summed E-state index contributed by atoms with van der Waals surface area (Å²) in [5, 5.41) is 31.0. The van der Waals surface area contributed by atoms with E-state index in [-0.39, 0.29) is 19.3 Å². The Morgan fingerprint density at radius 3 is 2.24 bits per heavy atom. The van der Waals surface area contributed by atoms with Gasteiger partial charge in [-0.15, -0.1) is 0 Å². The van der Waals surface area contributed by atoms with Crippen molar-refractivity contribution in [2.75, 3.05) is 6.54 Å². The first-order chi connectivity index (χ1) is 21.5. The van der Waals surface area contributed by atoms with Crippen LogP contribution in [-0.4, -0.2) is 88.7 Å². The highest BCUT2D eigenvalue weighted by Gasteiger charge is 2.45. The molecule has 2 rings (SSSR count). The summed E-state index contributed by atoms with van der Waals surface area (Å²) < 4.78 is 5.06. The third-order valence-corrected chi connectivity index (χ3v) is 7.41. The molecular formula is C31H47N5O9. The lowest BCUT2D eigenvalue weighted by molar-refractivity contribution is -0.151. The number of primary amides is 1. The largest absolute Gasteiger partial charge is 0.457 e. The highest BCUT2D eigenvalue weighted by atomic mass is 16.6. The molecule has 6 atom stereocenters. The van der Waals surface area contributed by atoms with Crippen LogP contribution in [-0.2, 0) is 33.5 Å². The van der Waals surface area contributed by atoms with Gasteiger partial charge < -0.3 is 42.0 Å². The molecule has 6 unspecified atom stereocenters. The molecule has 45 heavy (non-hydrogen) atoms. The van der Waals surface area contributed by atoms with E-state index in [9.17, 15) is 39.0 Å². The summed E-state index contributed by atoms with van der Waals surface area (Å²) in [5.74, 6) is -5.23. The summed E-state index contributed by atoms with van der Waals surface area (Å²) in [5.41, 5.74) is 5.17. The molecule has 2 heterocycles. The summed E-state index contributed by atoms with van der Waals surface area (Å²) in [6.45, 7) is 1.61. The van der Waals surface area contributed by atoms with Gasteiger partial charge >= 0.3 is 5.97 Å². The van der Waals surface area contributed by atoms with Gasteiger partial charge in [-0.05, 0) is 25.7 Å². The van der Waals surface area contributed by atoms with Crippen molar-refractivity contribution in [1.82, 2.24) is 21.3 Å². The highest BCUT2D eigenvalue weighted by molar-refractivity contribution is 5.93. The van der Waals surface area contributed by atoms with E-state index in [4.69, 9.17) is 10.5 Å².